The van der Waals surface area contributed by atoms with E-state index in [2.05, 4.69) is 15.9 Å². The number of imide groups is 1. The molecule has 2 saturated heterocycles. The number of benzene rings is 1. The van der Waals surface area contributed by atoms with Crippen LogP contribution < -0.4 is 0 Å². The number of cyclic esters (lactones) is 1. The smallest absolute Gasteiger partial charge is 0.417 e. The SMILES string of the molecule is O=C(c1cccc(Br)c1)N1CCC(N2C(=O)COC2=O)CC1. The fourth-order valence-corrected chi connectivity index (χ4v) is 3.25. The first-order valence-corrected chi connectivity index (χ1v) is 7.89. The summed E-state index contributed by atoms with van der Waals surface area (Å²) >= 11 is 3.36. The third-order valence-corrected chi connectivity index (χ3v) is 4.47. The maximum atomic E-state index is 12.4. The summed E-state index contributed by atoms with van der Waals surface area (Å²) in [5, 5.41) is 0. The second-order valence-electron chi connectivity index (χ2n) is 5.35. The largest absolute Gasteiger partial charge is 0.439 e. The van der Waals surface area contributed by atoms with Gasteiger partial charge in [-0.25, -0.2) is 9.69 Å². The predicted octanol–water partition coefficient (Wildman–Crippen LogP) is 2.03. The molecule has 116 valence electrons. The molecule has 6 nitrogen and oxygen atoms in total. The van der Waals surface area contributed by atoms with Gasteiger partial charge in [0.05, 0.1) is 0 Å². The Morgan fingerprint density at radius 2 is 1.95 bits per heavy atom. The molecular formula is C15H15BrN2O4. The van der Waals surface area contributed by atoms with Gasteiger partial charge in [-0.2, -0.15) is 0 Å². The predicted molar refractivity (Wildman–Crippen MR) is 81.3 cm³/mol. The topological polar surface area (TPSA) is 66.9 Å². The number of likely N-dealkylation sites (tertiary alicyclic amines) is 1. The quantitative estimate of drug-likeness (QED) is 0.802. The van der Waals surface area contributed by atoms with E-state index in [1.807, 2.05) is 12.1 Å². The van der Waals surface area contributed by atoms with E-state index >= 15 is 0 Å². The summed E-state index contributed by atoms with van der Waals surface area (Å²) in [6.07, 6.45) is 0.600. The molecule has 7 heteroatoms. The van der Waals surface area contributed by atoms with E-state index in [-0.39, 0.29) is 24.5 Å². The average molecular weight is 367 g/mol. The average Bonchev–Trinajstić information content (AvgIpc) is 2.86. The van der Waals surface area contributed by atoms with Crippen LogP contribution in [0.3, 0.4) is 0 Å². The van der Waals surface area contributed by atoms with Crippen LogP contribution in [0.4, 0.5) is 4.79 Å². The van der Waals surface area contributed by atoms with Gasteiger partial charge in [0.15, 0.2) is 6.61 Å². The van der Waals surface area contributed by atoms with Gasteiger partial charge in [0.25, 0.3) is 11.8 Å². The minimum absolute atomic E-state index is 0.0323. The van der Waals surface area contributed by atoms with E-state index in [0.717, 1.165) is 4.47 Å². The van der Waals surface area contributed by atoms with Gasteiger partial charge in [0.1, 0.15) is 0 Å². The molecular weight excluding hydrogens is 352 g/mol. The lowest BCUT2D eigenvalue weighted by atomic mass is 10.0. The second kappa shape index (κ2) is 6.08. The fraction of sp³-hybridized carbons (Fsp3) is 0.400. The number of carbonyl (C=O) groups excluding carboxylic acids is 3. The first kappa shape index (κ1) is 15.0. The van der Waals surface area contributed by atoms with Gasteiger partial charge in [-0.1, -0.05) is 22.0 Å². The second-order valence-corrected chi connectivity index (χ2v) is 6.27. The van der Waals surface area contributed by atoms with Crippen LogP contribution in [0.5, 0.6) is 0 Å². The molecule has 0 saturated carbocycles. The van der Waals surface area contributed by atoms with Crippen LogP contribution >= 0.6 is 15.9 Å². The number of carbonyl (C=O) groups is 3. The van der Waals surface area contributed by atoms with Gasteiger partial charge in [0, 0.05) is 29.2 Å². The fourth-order valence-electron chi connectivity index (χ4n) is 2.85. The van der Waals surface area contributed by atoms with Crippen LogP contribution in [0, 0.1) is 0 Å². The standard InChI is InChI=1S/C15H15BrN2O4/c16-11-3-1-2-10(8-11)14(20)17-6-4-12(5-7-17)18-13(19)9-22-15(18)21/h1-3,8,12H,4-7,9H2. The van der Waals surface area contributed by atoms with Gasteiger partial charge in [-0.3, -0.25) is 9.59 Å². The van der Waals surface area contributed by atoms with Crippen molar-refractivity contribution in [3.05, 3.63) is 34.3 Å². The van der Waals surface area contributed by atoms with Crippen LogP contribution in [0.15, 0.2) is 28.7 Å². The van der Waals surface area contributed by atoms with E-state index in [1.54, 1.807) is 17.0 Å². The van der Waals surface area contributed by atoms with Crippen LogP contribution in [-0.2, 0) is 9.53 Å². The molecule has 0 bridgehead atoms. The highest BCUT2D eigenvalue weighted by atomic mass is 79.9. The van der Waals surface area contributed by atoms with E-state index in [0.29, 0.717) is 31.5 Å². The van der Waals surface area contributed by atoms with Gasteiger partial charge in [0.2, 0.25) is 0 Å². The minimum Gasteiger partial charge on any atom is -0.439 e. The van der Waals surface area contributed by atoms with Crippen molar-refractivity contribution in [2.24, 2.45) is 0 Å². The molecule has 22 heavy (non-hydrogen) atoms. The number of nitrogens with zero attached hydrogens (tertiary/aromatic N) is 2. The Bertz CT molecular complexity index is 610. The number of hydrogen-bond acceptors (Lipinski definition) is 4. The minimum atomic E-state index is -0.568. The molecule has 0 spiro atoms. The molecule has 2 aliphatic rings. The van der Waals surface area contributed by atoms with Crippen molar-refractivity contribution < 1.29 is 19.1 Å². The van der Waals surface area contributed by atoms with Crippen LogP contribution in [-0.4, -0.2) is 53.4 Å². The van der Waals surface area contributed by atoms with Crippen molar-refractivity contribution in [1.82, 2.24) is 9.80 Å². The first-order valence-electron chi connectivity index (χ1n) is 7.10. The van der Waals surface area contributed by atoms with Crippen molar-refractivity contribution in [2.75, 3.05) is 19.7 Å². The molecule has 0 atom stereocenters. The summed E-state index contributed by atoms with van der Waals surface area (Å²) in [4.78, 5) is 38.6. The zero-order valence-electron chi connectivity index (χ0n) is 11.8. The van der Waals surface area contributed by atoms with E-state index in [9.17, 15) is 14.4 Å². The lowest BCUT2D eigenvalue weighted by Crippen LogP contribution is -2.48. The van der Waals surface area contributed by atoms with Crippen molar-refractivity contribution in [3.8, 4) is 0 Å². The number of piperidine rings is 1. The zero-order valence-corrected chi connectivity index (χ0v) is 13.4. The Labute approximate surface area is 136 Å². The molecule has 2 fully saturated rings. The molecule has 0 aromatic heterocycles. The van der Waals surface area contributed by atoms with Crippen molar-refractivity contribution >= 4 is 33.8 Å². The maximum Gasteiger partial charge on any atom is 0.417 e. The summed E-state index contributed by atoms with van der Waals surface area (Å²) in [6, 6.07) is 7.08. The highest BCUT2D eigenvalue weighted by Gasteiger charge is 2.39. The van der Waals surface area contributed by atoms with E-state index < -0.39 is 6.09 Å². The van der Waals surface area contributed by atoms with Crippen LogP contribution in [0.2, 0.25) is 0 Å². The Morgan fingerprint density at radius 1 is 1.23 bits per heavy atom. The zero-order chi connectivity index (χ0) is 15.7. The van der Waals surface area contributed by atoms with Crippen molar-refractivity contribution in [3.63, 3.8) is 0 Å². The first-order chi connectivity index (χ1) is 10.6. The third kappa shape index (κ3) is 2.85. The Balaban J connectivity index is 1.63. The number of rotatable bonds is 2. The monoisotopic (exact) mass is 366 g/mol. The summed E-state index contributed by atoms with van der Waals surface area (Å²) < 4.78 is 5.60. The summed E-state index contributed by atoms with van der Waals surface area (Å²) in [7, 11) is 0. The Morgan fingerprint density at radius 3 is 2.55 bits per heavy atom. The molecule has 0 aliphatic carbocycles. The number of halogens is 1. The van der Waals surface area contributed by atoms with Crippen LogP contribution in [0.25, 0.3) is 0 Å². The van der Waals surface area contributed by atoms with Crippen molar-refractivity contribution in [1.29, 1.82) is 0 Å². The van der Waals surface area contributed by atoms with E-state index in [1.165, 1.54) is 4.90 Å². The van der Waals surface area contributed by atoms with Gasteiger partial charge < -0.3 is 9.64 Å². The Kier molecular flexibility index (Phi) is 4.15. The van der Waals surface area contributed by atoms with Gasteiger partial charge in [-0.05, 0) is 31.0 Å². The molecule has 0 unspecified atom stereocenters. The van der Waals surface area contributed by atoms with Gasteiger partial charge >= 0.3 is 6.09 Å². The third-order valence-electron chi connectivity index (χ3n) is 3.97. The van der Waals surface area contributed by atoms with E-state index in [4.69, 9.17) is 4.74 Å². The number of ether oxygens (including phenoxy) is 1. The van der Waals surface area contributed by atoms with Crippen LogP contribution in [0.1, 0.15) is 23.2 Å². The highest BCUT2D eigenvalue weighted by Crippen LogP contribution is 2.22. The maximum absolute atomic E-state index is 12.4. The highest BCUT2D eigenvalue weighted by molar-refractivity contribution is 9.10. The molecule has 1 aromatic rings. The lowest BCUT2D eigenvalue weighted by Gasteiger charge is -2.34. The summed E-state index contributed by atoms with van der Waals surface area (Å²) in [6.45, 7) is 0.871. The molecule has 2 aliphatic heterocycles. The molecule has 3 rings (SSSR count). The molecule has 2 heterocycles. The molecule has 0 radical (unpaired) electrons. The van der Waals surface area contributed by atoms with Crippen molar-refractivity contribution in [2.45, 2.75) is 18.9 Å². The normalized spacial score (nSPS) is 19.5. The summed E-state index contributed by atoms with van der Waals surface area (Å²) in [5.74, 6) is -0.322. The van der Waals surface area contributed by atoms with Gasteiger partial charge in [-0.15, -0.1) is 0 Å². The number of amides is 3. The Hall–Kier alpha value is -1.89. The molecule has 0 N–H and O–H groups in total. The lowest BCUT2D eigenvalue weighted by molar-refractivity contribution is -0.127. The number of hydrogen-bond donors (Lipinski definition) is 0. The summed E-state index contributed by atoms with van der Waals surface area (Å²) in [5.41, 5.74) is 0.629. The molecule has 3 amide bonds. The molecule has 1 aromatic carbocycles.